The van der Waals surface area contributed by atoms with Crippen molar-refractivity contribution < 1.29 is 13.2 Å². The largest absolute Gasteiger partial charge is 0.326 e. The molecule has 0 spiro atoms. The molecule has 1 amide bonds. The van der Waals surface area contributed by atoms with Gasteiger partial charge >= 0.3 is 0 Å². The molecule has 1 saturated heterocycles. The van der Waals surface area contributed by atoms with Gasteiger partial charge in [-0.3, -0.25) is 4.79 Å². The monoisotopic (exact) mass is 206 g/mol. The smallest absolute Gasteiger partial charge is 0.258 e. The van der Waals surface area contributed by atoms with Crippen LogP contribution in [0.4, 0.5) is 0 Å². The van der Waals surface area contributed by atoms with E-state index >= 15 is 0 Å². The molecule has 2 N–H and O–H groups in total. The molecule has 0 aromatic heterocycles. The average molecular weight is 206 g/mol. The second kappa shape index (κ2) is 2.68. The fraction of sp³-hybridized carbons (Fsp3) is 0.857. The zero-order chi connectivity index (χ0) is 10.4. The first-order valence-corrected chi connectivity index (χ1v) is 5.47. The Kier molecular flexibility index (Phi) is 2.16. The highest BCUT2D eigenvalue weighted by Gasteiger charge is 2.59. The Morgan fingerprint density at radius 2 is 2.00 bits per heavy atom. The fourth-order valence-electron chi connectivity index (χ4n) is 1.20. The third kappa shape index (κ3) is 1.24. The Morgan fingerprint density at radius 3 is 2.31 bits per heavy atom. The predicted molar refractivity (Wildman–Crippen MR) is 48.4 cm³/mol. The Hall–Kier alpha value is -0.620. The van der Waals surface area contributed by atoms with Crippen molar-refractivity contribution in [2.75, 3.05) is 6.54 Å². The summed E-state index contributed by atoms with van der Waals surface area (Å²) in [4.78, 5) is 11.3. The van der Waals surface area contributed by atoms with Crippen molar-refractivity contribution in [1.29, 1.82) is 0 Å². The molecule has 0 radical (unpaired) electrons. The molecular weight excluding hydrogens is 192 g/mol. The number of carbonyl (C=O) groups excluding carboxylic acids is 1. The molecule has 76 valence electrons. The molecule has 1 fully saturated rings. The summed E-state index contributed by atoms with van der Waals surface area (Å²) in [6, 6.07) is -0.324. The van der Waals surface area contributed by atoms with Crippen molar-refractivity contribution in [2.45, 2.75) is 31.6 Å². The summed E-state index contributed by atoms with van der Waals surface area (Å²) in [6.07, 6.45) is 0. The van der Waals surface area contributed by atoms with Crippen LogP contribution in [0.3, 0.4) is 0 Å². The maximum atomic E-state index is 11.5. The quantitative estimate of drug-likeness (QED) is 0.647. The minimum atomic E-state index is -3.44. The summed E-state index contributed by atoms with van der Waals surface area (Å²) in [5, 5.41) is 0. The number of nitrogens with zero attached hydrogens (tertiary/aromatic N) is 1. The Morgan fingerprint density at radius 1 is 1.54 bits per heavy atom. The van der Waals surface area contributed by atoms with Gasteiger partial charge in [0.2, 0.25) is 0 Å². The predicted octanol–water partition coefficient (Wildman–Crippen LogP) is -0.716. The third-order valence-corrected chi connectivity index (χ3v) is 4.49. The molecule has 1 aliphatic rings. The van der Waals surface area contributed by atoms with Gasteiger partial charge in [-0.15, -0.1) is 0 Å². The molecular formula is C7H14N2O3S. The summed E-state index contributed by atoms with van der Waals surface area (Å²) in [5.74, 6) is -0.371. The van der Waals surface area contributed by atoms with Crippen LogP contribution in [0.1, 0.15) is 20.8 Å². The van der Waals surface area contributed by atoms with Crippen molar-refractivity contribution in [3.05, 3.63) is 0 Å². The number of rotatable bonds is 2. The van der Waals surface area contributed by atoms with Gasteiger partial charge < -0.3 is 5.73 Å². The SMILES string of the molecule is CC(N)CN1C(=O)C(C)(C)S1(=O)=O. The van der Waals surface area contributed by atoms with E-state index in [0.29, 0.717) is 0 Å². The van der Waals surface area contributed by atoms with Crippen LogP contribution in [0, 0.1) is 0 Å². The summed E-state index contributed by atoms with van der Waals surface area (Å²) < 4.78 is 22.5. The Bertz CT molecular complexity index is 332. The fourth-order valence-corrected chi connectivity index (χ4v) is 2.83. The van der Waals surface area contributed by atoms with Crippen molar-refractivity contribution in [3.8, 4) is 0 Å². The van der Waals surface area contributed by atoms with Gasteiger partial charge in [0.15, 0.2) is 4.75 Å². The first kappa shape index (κ1) is 10.5. The molecule has 6 heteroatoms. The van der Waals surface area contributed by atoms with Crippen molar-refractivity contribution in [2.24, 2.45) is 5.73 Å². The molecule has 1 atom stereocenters. The standard InChI is InChI=1S/C7H14N2O3S/c1-5(8)4-9-6(10)7(2,3)13(9,11)12/h5H,4,8H2,1-3H3. The first-order valence-electron chi connectivity index (χ1n) is 4.03. The van der Waals surface area contributed by atoms with E-state index < -0.39 is 14.8 Å². The number of hydrogen-bond donors (Lipinski definition) is 1. The van der Waals surface area contributed by atoms with Crippen molar-refractivity contribution in [1.82, 2.24) is 4.31 Å². The number of sulfonamides is 1. The third-order valence-electron chi connectivity index (χ3n) is 2.13. The molecule has 0 aromatic carbocycles. The molecule has 0 bridgehead atoms. The molecule has 0 aliphatic carbocycles. The molecule has 5 nitrogen and oxygen atoms in total. The van der Waals surface area contributed by atoms with Crippen molar-refractivity contribution in [3.63, 3.8) is 0 Å². The van der Waals surface area contributed by atoms with Gasteiger partial charge in [0.25, 0.3) is 15.9 Å². The highest BCUT2D eigenvalue weighted by atomic mass is 32.2. The zero-order valence-electron chi connectivity index (χ0n) is 7.94. The van der Waals surface area contributed by atoms with Gasteiger partial charge in [-0.05, 0) is 20.8 Å². The second-order valence-electron chi connectivity index (χ2n) is 3.83. The van der Waals surface area contributed by atoms with Gasteiger partial charge in [-0.2, -0.15) is 0 Å². The van der Waals surface area contributed by atoms with E-state index in [1.54, 1.807) is 6.92 Å². The maximum absolute atomic E-state index is 11.5. The van der Waals surface area contributed by atoms with Gasteiger partial charge in [0.05, 0.1) is 6.54 Å². The van der Waals surface area contributed by atoms with Crippen LogP contribution in [-0.4, -0.2) is 36.0 Å². The molecule has 1 aliphatic heterocycles. The molecule has 13 heavy (non-hydrogen) atoms. The Labute approximate surface area is 77.9 Å². The normalized spacial score (nSPS) is 26.8. The lowest BCUT2D eigenvalue weighted by Gasteiger charge is -2.43. The zero-order valence-corrected chi connectivity index (χ0v) is 8.76. The lowest BCUT2D eigenvalue weighted by Crippen LogP contribution is -2.68. The highest BCUT2D eigenvalue weighted by Crippen LogP contribution is 2.34. The molecule has 1 heterocycles. The molecule has 0 saturated carbocycles. The van der Waals surface area contributed by atoms with Crippen LogP contribution in [0.15, 0.2) is 0 Å². The number of nitrogens with two attached hydrogens (primary N) is 1. The summed E-state index contributed by atoms with van der Waals surface area (Å²) in [6.45, 7) is 4.55. The molecule has 0 aromatic rings. The van der Waals surface area contributed by atoms with Crippen LogP contribution < -0.4 is 5.73 Å². The first-order chi connectivity index (χ1) is 5.71. The van der Waals surface area contributed by atoms with Crippen LogP contribution in [0.2, 0.25) is 0 Å². The van der Waals surface area contributed by atoms with E-state index in [4.69, 9.17) is 5.73 Å². The average Bonchev–Trinajstić information content (AvgIpc) is 1.98. The van der Waals surface area contributed by atoms with E-state index in [-0.39, 0.29) is 18.5 Å². The van der Waals surface area contributed by atoms with Gasteiger partial charge in [0, 0.05) is 6.04 Å². The lowest BCUT2D eigenvalue weighted by molar-refractivity contribution is -0.132. The van der Waals surface area contributed by atoms with Crippen LogP contribution in [0.25, 0.3) is 0 Å². The number of hydrogen-bond acceptors (Lipinski definition) is 4. The summed E-state index contributed by atoms with van der Waals surface area (Å²) >= 11 is 0. The highest BCUT2D eigenvalue weighted by molar-refractivity contribution is 7.94. The second-order valence-corrected chi connectivity index (χ2v) is 6.24. The van der Waals surface area contributed by atoms with E-state index in [1.807, 2.05) is 0 Å². The maximum Gasteiger partial charge on any atom is 0.258 e. The van der Waals surface area contributed by atoms with E-state index in [0.717, 1.165) is 4.31 Å². The van der Waals surface area contributed by atoms with Crippen molar-refractivity contribution >= 4 is 15.9 Å². The Balaban J connectivity index is 2.90. The minimum Gasteiger partial charge on any atom is -0.326 e. The number of carbonyl (C=O) groups is 1. The summed E-state index contributed by atoms with van der Waals surface area (Å²) in [5.41, 5.74) is 5.42. The minimum absolute atomic E-state index is 0.0740. The van der Waals surface area contributed by atoms with Crippen LogP contribution >= 0.6 is 0 Å². The van der Waals surface area contributed by atoms with Crippen LogP contribution in [0.5, 0.6) is 0 Å². The lowest BCUT2D eigenvalue weighted by atomic mass is 10.2. The van der Waals surface area contributed by atoms with Gasteiger partial charge in [-0.1, -0.05) is 0 Å². The summed E-state index contributed by atoms with van der Waals surface area (Å²) in [7, 11) is -3.44. The number of amides is 1. The molecule has 1 rings (SSSR count). The van der Waals surface area contributed by atoms with Crippen LogP contribution in [-0.2, 0) is 14.8 Å². The van der Waals surface area contributed by atoms with Gasteiger partial charge in [0.1, 0.15) is 0 Å². The van der Waals surface area contributed by atoms with E-state index in [1.165, 1.54) is 13.8 Å². The topological polar surface area (TPSA) is 80.5 Å². The van der Waals surface area contributed by atoms with E-state index in [9.17, 15) is 13.2 Å². The van der Waals surface area contributed by atoms with E-state index in [2.05, 4.69) is 0 Å². The van der Waals surface area contributed by atoms with Gasteiger partial charge in [-0.25, -0.2) is 12.7 Å². The molecule has 1 unspecified atom stereocenters.